The van der Waals surface area contributed by atoms with Gasteiger partial charge in [-0.2, -0.15) is 0 Å². The highest BCUT2D eigenvalue weighted by Crippen LogP contribution is 2.35. The van der Waals surface area contributed by atoms with Gasteiger partial charge in [0.05, 0.1) is 4.90 Å². The minimum absolute atomic E-state index is 0.0257. The Bertz CT molecular complexity index is 625. The fourth-order valence-corrected chi connectivity index (χ4v) is 4.90. The lowest BCUT2D eigenvalue weighted by Crippen LogP contribution is -2.34. The number of hydrogen-bond donors (Lipinski definition) is 0. The molecule has 1 fully saturated rings. The number of hydrogen-bond acceptors (Lipinski definition) is 3. The van der Waals surface area contributed by atoms with Gasteiger partial charge in [0.15, 0.2) is 0 Å². The van der Waals surface area contributed by atoms with Crippen LogP contribution in [0.3, 0.4) is 0 Å². The normalized spacial score (nSPS) is 23.1. The summed E-state index contributed by atoms with van der Waals surface area (Å²) in [4.78, 5) is 12.7. The van der Waals surface area contributed by atoms with Crippen LogP contribution in [0.2, 0.25) is 0 Å². The summed E-state index contributed by atoms with van der Waals surface area (Å²) < 4.78 is 26.4. The molecule has 0 aromatic heterocycles. The van der Waals surface area contributed by atoms with E-state index in [1.165, 1.54) is 0 Å². The maximum absolute atomic E-state index is 12.7. The first-order valence-corrected chi connectivity index (χ1v) is 9.54. The molecule has 4 nitrogen and oxygen atoms in total. The van der Waals surface area contributed by atoms with Crippen LogP contribution in [0.15, 0.2) is 29.2 Å². The quantitative estimate of drug-likeness (QED) is 0.762. The minimum Gasteiger partial charge on any atom is -0.273 e. The molecule has 116 valence electrons. The van der Waals surface area contributed by atoms with E-state index in [2.05, 4.69) is 15.9 Å². The summed E-state index contributed by atoms with van der Waals surface area (Å²) in [5, 5.41) is 0.626. The van der Waals surface area contributed by atoms with Gasteiger partial charge in [0, 0.05) is 17.8 Å². The fraction of sp³-hybridized carbons (Fsp3) is 0.533. The third-order valence-corrected chi connectivity index (χ3v) is 6.57. The average Bonchev–Trinajstić information content (AvgIpc) is 2.76. The molecule has 1 saturated heterocycles. The number of nitrogens with zero attached hydrogens (tertiary/aromatic N) is 1. The lowest BCUT2D eigenvalue weighted by molar-refractivity contribution is -0.128. The molecule has 0 N–H and O–H groups in total. The molecule has 0 bridgehead atoms. The van der Waals surface area contributed by atoms with Crippen molar-refractivity contribution in [2.75, 3.05) is 11.9 Å². The van der Waals surface area contributed by atoms with E-state index in [0.717, 1.165) is 9.87 Å². The maximum atomic E-state index is 12.7. The fourth-order valence-electron chi connectivity index (χ4n) is 2.81. The molecule has 6 heteroatoms. The number of rotatable bonds is 4. The van der Waals surface area contributed by atoms with Gasteiger partial charge in [0.25, 0.3) is 10.0 Å². The summed E-state index contributed by atoms with van der Waals surface area (Å²) in [6.45, 7) is 6.07. The first-order chi connectivity index (χ1) is 9.78. The zero-order valence-corrected chi connectivity index (χ0v) is 14.8. The van der Waals surface area contributed by atoms with Crippen LogP contribution in [0.25, 0.3) is 0 Å². The molecule has 2 rings (SSSR count). The molecule has 1 aromatic rings. The Kier molecular flexibility index (Phi) is 4.78. The highest BCUT2D eigenvalue weighted by Gasteiger charge is 2.46. The molecule has 1 aliphatic heterocycles. The third kappa shape index (κ3) is 3.01. The lowest BCUT2D eigenvalue weighted by atomic mass is 9.87. The van der Waals surface area contributed by atoms with Gasteiger partial charge in [-0.25, -0.2) is 12.7 Å². The Morgan fingerprint density at radius 2 is 1.86 bits per heavy atom. The predicted octanol–water partition coefficient (Wildman–Crippen LogP) is 2.81. The lowest BCUT2D eigenvalue weighted by Gasteiger charge is -2.18. The first-order valence-electron chi connectivity index (χ1n) is 6.98. The van der Waals surface area contributed by atoms with Crippen LogP contribution in [-0.2, 0) is 14.8 Å². The molecule has 2 atom stereocenters. The maximum Gasteiger partial charge on any atom is 0.266 e. The Morgan fingerprint density at radius 1 is 1.29 bits per heavy atom. The monoisotopic (exact) mass is 373 g/mol. The molecular formula is C15H20BrNO3S. The van der Waals surface area contributed by atoms with Crippen molar-refractivity contribution in [3.63, 3.8) is 0 Å². The summed E-state index contributed by atoms with van der Waals surface area (Å²) in [5.74, 6) is -0.379. The predicted molar refractivity (Wildman–Crippen MR) is 85.7 cm³/mol. The van der Waals surface area contributed by atoms with E-state index < -0.39 is 10.0 Å². The first kappa shape index (κ1) is 16.5. The van der Waals surface area contributed by atoms with Crippen molar-refractivity contribution in [2.24, 2.45) is 17.8 Å². The number of halogens is 1. The number of amides is 1. The summed E-state index contributed by atoms with van der Waals surface area (Å²) in [7, 11) is -3.75. The van der Waals surface area contributed by atoms with Crippen molar-refractivity contribution >= 4 is 31.9 Å². The molecule has 1 heterocycles. The number of sulfonamides is 1. The van der Waals surface area contributed by atoms with E-state index in [4.69, 9.17) is 0 Å². The van der Waals surface area contributed by atoms with Gasteiger partial charge in [0.2, 0.25) is 5.91 Å². The molecule has 0 spiro atoms. The Morgan fingerprint density at radius 3 is 2.29 bits per heavy atom. The standard InChI is InChI=1S/C15H20BrNO3S/c1-10(2)14-12(8-16)9-17(15(14)18)21(19,20)13-6-4-11(3)5-7-13/h4-7,10,12,14H,8-9H2,1-3H3/t12-,14-/m1/s1. The van der Waals surface area contributed by atoms with Gasteiger partial charge in [0.1, 0.15) is 0 Å². The Labute approximate surface area is 134 Å². The van der Waals surface area contributed by atoms with Crippen molar-refractivity contribution < 1.29 is 13.2 Å². The number of benzene rings is 1. The zero-order chi connectivity index (χ0) is 15.8. The molecule has 0 unspecified atom stereocenters. The molecule has 0 saturated carbocycles. The molecule has 0 radical (unpaired) electrons. The van der Waals surface area contributed by atoms with E-state index in [0.29, 0.717) is 5.33 Å². The molecule has 1 aliphatic rings. The van der Waals surface area contributed by atoms with Crippen molar-refractivity contribution in [2.45, 2.75) is 25.7 Å². The van der Waals surface area contributed by atoms with Crippen molar-refractivity contribution in [3.8, 4) is 0 Å². The van der Waals surface area contributed by atoms with Crippen LogP contribution in [0.1, 0.15) is 19.4 Å². The molecule has 21 heavy (non-hydrogen) atoms. The molecular weight excluding hydrogens is 354 g/mol. The molecule has 1 aromatic carbocycles. The van der Waals surface area contributed by atoms with Crippen LogP contribution in [0, 0.1) is 24.7 Å². The van der Waals surface area contributed by atoms with Gasteiger partial charge >= 0.3 is 0 Å². The summed E-state index contributed by atoms with van der Waals surface area (Å²) in [5.41, 5.74) is 0.986. The van der Waals surface area contributed by atoms with Crippen LogP contribution in [-0.4, -0.2) is 30.5 Å². The number of carbonyl (C=O) groups excluding carboxylic acids is 1. The number of carbonyl (C=O) groups is 1. The van der Waals surface area contributed by atoms with Crippen LogP contribution in [0.4, 0.5) is 0 Å². The van der Waals surface area contributed by atoms with Crippen LogP contribution < -0.4 is 0 Å². The average molecular weight is 374 g/mol. The van der Waals surface area contributed by atoms with Crippen molar-refractivity contribution in [1.82, 2.24) is 4.31 Å². The van der Waals surface area contributed by atoms with Gasteiger partial charge < -0.3 is 0 Å². The Balaban J connectivity index is 2.37. The largest absolute Gasteiger partial charge is 0.273 e. The van der Waals surface area contributed by atoms with Crippen LogP contribution in [0.5, 0.6) is 0 Å². The van der Waals surface area contributed by atoms with E-state index in [9.17, 15) is 13.2 Å². The minimum atomic E-state index is -3.75. The van der Waals surface area contributed by atoms with Gasteiger partial charge in [-0.3, -0.25) is 4.79 Å². The SMILES string of the molecule is Cc1ccc(S(=O)(=O)N2C[C@@H](CBr)[C@@H](C(C)C)C2=O)cc1. The number of aryl methyl sites for hydroxylation is 1. The highest BCUT2D eigenvalue weighted by atomic mass is 79.9. The third-order valence-electron chi connectivity index (χ3n) is 3.96. The second-order valence-electron chi connectivity index (χ2n) is 5.87. The molecule has 0 aliphatic carbocycles. The van der Waals surface area contributed by atoms with Gasteiger partial charge in [-0.1, -0.05) is 47.5 Å². The van der Waals surface area contributed by atoms with Gasteiger partial charge in [-0.05, 0) is 30.9 Å². The Hall–Kier alpha value is -0.880. The van der Waals surface area contributed by atoms with E-state index in [1.807, 2.05) is 20.8 Å². The summed E-state index contributed by atoms with van der Waals surface area (Å²) in [6, 6.07) is 6.61. The topological polar surface area (TPSA) is 54.5 Å². The van der Waals surface area contributed by atoms with Crippen molar-refractivity contribution in [3.05, 3.63) is 29.8 Å². The van der Waals surface area contributed by atoms with E-state index in [-0.39, 0.29) is 35.1 Å². The van der Waals surface area contributed by atoms with Crippen molar-refractivity contribution in [1.29, 1.82) is 0 Å². The summed E-state index contributed by atoms with van der Waals surface area (Å²) >= 11 is 3.40. The van der Waals surface area contributed by atoms with E-state index in [1.54, 1.807) is 24.3 Å². The van der Waals surface area contributed by atoms with Gasteiger partial charge in [-0.15, -0.1) is 0 Å². The summed E-state index contributed by atoms with van der Waals surface area (Å²) in [6.07, 6.45) is 0. The van der Waals surface area contributed by atoms with E-state index >= 15 is 0 Å². The second-order valence-corrected chi connectivity index (χ2v) is 8.38. The van der Waals surface area contributed by atoms with Crippen LogP contribution >= 0.6 is 15.9 Å². The zero-order valence-electron chi connectivity index (χ0n) is 12.4. The number of alkyl halides is 1. The molecule has 1 amide bonds. The smallest absolute Gasteiger partial charge is 0.266 e. The highest BCUT2D eigenvalue weighted by molar-refractivity contribution is 9.09. The second kappa shape index (κ2) is 6.08.